The maximum Gasteiger partial charge on any atom is 0.122 e. The molecule has 0 atom stereocenters. The first-order chi connectivity index (χ1) is 13.2. The monoisotopic (exact) mass is 401 g/mol. The van der Waals surface area contributed by atoms with Gasteiger partial charge in [-0.25, -0.2) is 10.0 Å². The van der Waals surface area contributed by atoms with Crippen LogP contribution in [0.25, 0.3) is 5.57 Å². The van der Waals surface area contributed by atoms with Crippen LogP contribution in [0.3, 0.4) is 0 Å². The fourth-order valence-corrected chi connectivity index (χ4v) is 5.68. The summed E-state index contributed by atoms with van der Waals surface area (Å²) in [5.41, 5.74) is 8.64. The van der Waals surface area contributed by atoms with Crippen molar-refractivity contribution in [1.29, 1.82) is 0 Å². The average molecular weight is 402 g/mol. The Labute approximate surface area is 169 Å². The molecule has 2 N–H and O–H groups in total. The van der Waals surface area contributed by atoms with Crippen LogP contribution in [0, 0.1) is 0 Å². The second-order valence-electron chi connectivity index (χ2n) is 7.39. The van der Waals surface area contributed by atoms with Crippen LogP contribution in [0.5, 0.6) is 0 Å². The third-order valence-corrected chi connectivity index (χ3v) is 7.09. The molecule has 2 fully saturated rings. The van der Waals surface area contributed by atoms with Gasteiger partial charge in [-0.3, -0.25) is 5.01 Å². The molecule has 4 heterocycles. The Morgan fingerprint density at radius 2 is 2.04 bits per heavy atom. The van der Waals surface area contributed by atoms with Gasteiger partial charge in [0.1, 0.15) is 10.9 Å². The van der Waals surface area contributed by atoms with Crippen molar-refractivity contribution < 1.29 is 0 Å². The molecule has 142 valence electrons. The van der Waals surface area contributed by atoms with Crippen LogP contribution < -0.4 is 10.9 Å². The average Bonchev–Trinajstić information content (AvgIpc) is 3.30. The molecule has 0 saturated carbocycles. The number of amidine groups is 1. The lowest BCUT2D eigenvalue weighted by Crippen LogP contribution is -2.50. The minimum absolute atomic E-state index is 0.539. The molecule has 1 aromatic carbocycles. The van der Waals surface area contributed by atoms with Gasteiger partial charge in [0, 0.05) is 28.0 Å². The number of rotatable bonds is 2. The minimum atomic E-state index is 0.539. The lowest BCUT2D eigenvalue weighted by molar-refractivity contribution is 0.0982. The Balaban J connectivity index is 1.63. The van der Waals surface area contributed by atoms with E-state index in [0.717, 1.165) is 66.1 Å². The Morgan fingerprint density at radius 1 is 1.22 bits per heavy atom. The molecule has 0 unspecified atom stereocenters. The lowest BCUT2D eigenvalue weighted by atomic mass is 9.94. The third-order valence-electron chi connectivity index (χ3n) is 5.74. The number of hydrazine groups is 2. The van der Waals surface area contributed by atoms with Crippen molar-refractivity contribution in [1.82, 2.24) is 20.9 Å². The summed E-state index contributed by atoms with van der Waals surface area (Å²) in [4.78, 5) is 4.96. The Bertz CT molecular complexity index is 856. The van der Waals surface area contributed by atoms with Gasteiger partial charge in [0.2, 0.25) is 0 Å². The number of aliphatic imine (C=N–C) groups is 1. The van der Waals surface area contributed by atoms with Crippen LogP contribution in [0.4, 0.5) is 0 Å². The molecule has 27 heavy (non-hydrogen) atoms. The van der Waals surface area contributed by atoms with Crippen LogP contribution in [0.2, 0.25) is 5.02 Å². The number of thioether (sulfide) groups is 1. The van der Waals surface area contributed by atoms with E-state index in [1.54, 1.807) is 0 Å². The molecule has 4 aliphatic heterocycles. The smallest absolute Gasteiger partial charge is 0.122 e. The van der Waals surface area contributed by atoms with Crippen molar-refractivity contribution in [2.75, 3.05) is 25.4 Å². The summed E-state index contributed by atoms with van der Waals surface area (Å²) >= 11 is 8.51. The van der Waals surface area contributed by atoms with E-state index < -0.39 is 0 Å². The van der Waals surface area contributed by atoms with E-state index >= 15 is 0 Å². The van der Waals surface area contributed by atoms with Crippen LogP contribution in [-0.2, 0) is 0 Å². The lowest BCUT2D eigenvalue weighted by Gasteiger charge is -2.31. The summed E-state index contributed by atoms with van der Waals surface area (Å²) in [5.74, 6) is 2.10. The first-order valence-electron chi connectivity index (χ1n) is 9.66. The van der Waals surface area contributed by atoms with E-state index in [9.17, 15) is 0 Å². The zero-order valence-electron chi connectivity index (χ0n) is 15.5. The second-order valence-corrected chi connectivity index (χ2v) is 8.88. The van der Waals surface area contributed by atoms with Crippen molar-refractivity contribution in [2.45, 2.75) is 32.2 Å². The number of fused-ring (bicyclic) bond motifs is 1. The topological polar surface area (TPSA) is 42.9 Å². The molecule has 1 aromatic rings. The number of allylic oxidation sites excluding steroid dienone is 2. The molecule has 4 aliphatic rings. The molecular formula is C20H24ClN5S. The standard InChI is InChI=1S/C20H24ClN5S/c1-13-23-20-16(8-11-27-20)19(15-4-2-3-5-17(15)21)18-12-25(24-26(13)18)14-6-9-22-10-7-14/h2-5,14,22,24H,6-12H2,1H3. The molecule has 5 rings (SSSR count). The summed E-state index contributed by atoms with van der Waals surface area (Å²) in [6.45, 7) is 5.13. The molecule has 2 saturated heterocycles. The summed E-state index contributed by atoms with van der Waals surface area (Å²) in [6.07, 6.45) is 3.37. The largest absolute Gasteiger partial charge is 0.317 e. The van der Waals surface area contributed by atoms with Crippen molar-refractivity contribution in [2.24, 2.45) is 4.99 Å². The van der Waals surface area contributed by atoms with Crippen molar-refractivity contribution in [3.8, 4) is 0 Å². The van der Waals surface area contributed by atoms with E-state index in [-0.39, 0.29) is 0 Å². The van der Waals surface area contributed by atoms with Gasteiger partial charge in [0.05, 0.1) is 12.2 Å². The van der Waals surface area contributed by atoms with Gasteiger partial charge in [0.15, 0.2) is 0 Å². The number of nitrogens with one attached hydrogen (secondary N) is 2. The predicted octanol–water partition coefficient (Wildman–Crippen LogP) is 3.62. The zero-order valence-corrected chi connectivity index (χ0v) is 17.0. The van der Waals surface area contributed by atoms with Gasteiger partial charge >= 0.3 is 0 Å². The second kappa shape index (κ2) is 7.26. The van der Waals surface area contributed by atoms with E-state index in [1.807, 2.05) is 23.9 Å². The first kappa shape index (κ1) is 17.8. The Morgan fingerprint density at radius 3 is 2.85 bits per heavy atom. The SMILES string of the molecule is CC1=NC2=C(CCS2)C(c2ccccc2Cl)=C2CN(C3CCNCC3)NN12. The molecule has 7 heteroatoms. The van der Waals surface area contributed by atoms with Crippen molar-refractivity contribution >= 4 is 34.8 Å². The highest BCUT2D eigenvalue weighted by atomic mass is 35.5. The van der Waals surface area contributed by atoms with Crippen molar-refractivity contribution in [3.05, 3.63) is 51.2 Å². The third kappa shape index (κ3) is 3.13. The maximum atomic E-state index is 6.65. The number of hydrogen-bond acceptors (Lipinski definition) is 6. The van der Waals surface area contributed by atoms with Crippen LogP contribution in [0.1, 0.15) is 31.7 Å². The highest BCUT2D eigenvalue weighted by molar-refractivity contribution is 8.03. The van der Waals surface area contributed by atoms with E-state index in [1.165, 1.54) is 16.8 Å². The first-order valence-corrected chi connectivity index (χ1v) is 11.0. The quantitative estimate of drug-likeness (QED) is 0.792. The van der Waals surface area contributed by atoms with Crippen LogP contribution >= 0.6 is 23.4 Å². The summed E-state index contributed by atoms with van der Waals surface area (Å²) in [7, 11) is 0. The van der Waals surface area contributed by atoms with Crippen LogP contribution in [0.15, 0.2) is 45.6 Å². The zero-order chi connectivity index (χ0) is 18.4. The van der Waals surface area contributed by atoms with Crippen molar-refractivity contribution in [3.63, 3.8) is 0 Å². The van der Waals surface area contributed by atoms with Gasteiger partial charge in [0.25, 0.3) is 0 Å². The van der Waals surface area contributed by atoms with E-state index in [2.05, 4.69) is 39.9 Å². The minimum Gasteiger partial charge on any atom is -0.317 e. The van der Waals surface area contributed by atoms with Gasteiger partial charge in [-0.2, -0.15) is 5.53 Å². The van der Waals surface area contributed by atoms with Gasteiger partial charge < -0.3 is 5.32 Å². The fraction of sp³-hybridized carbons (Fsp3) is 0.450. The number of nitrogens with zero attached hydrogens (tertiary/aromatic N) is 3. The number of piperidine rings is 1. The fourth-order valence-electron chi connectivity index (χ4n) is 4.37. The number of benzene rings is 1. The van der Waals surface area contributed by atoms with Crippen LogP contribution in [-0.4, -0.2) is 47.3 Å². The van der Waals surface area contributed by atoms with Gasteiger partial charge in [-0.15, -0.1) is 11.8 Å². The Hall–Kier alpha value is -1.31. The van der Waals surface area contributed by atoms with E-state index in [0.29, 0.717) is 6.04 Å². The van der Waals surface area contributed by atoms with Gasteiger partial charge in [-0.1, -0.05) is 29.8 Å². The maximum absolute atomic E-state index is 6.65. The molecule has 0 aliphatic carbocycles. The number of hydrogen-bond donors (Lipinski definition) is 2. The molecular weight excluding hydrogens is 378 g/mol. The number of halogens is 1. The summed E-state index contributed by atoms with van der Waals surface area (Å²) in [5, 5.41) is 9.99. The molecule has 5 nitrogen and oxygen atoms in total. The predicted molar refractivity (Wildman–Crippen MR) is 113 cm³/mol. The molecule has 0 bridgehead atoms. The summed E-state index contributed by atoms with van der Waals surface area (Å²) < 4.78 is 0. The summed E-state index contributed by atoms with van der Waals surface area (Å²) in [6, 6.07) is 8.75. The highest BCUT2D eigenvalue weighted by Crippen LogP contribution is 2.46. The molecule has 0 amide bonds. The Kier molecular flexibility index (Phi) is 4.78. The molecule has 0 spiro atoms. The van der Waals surface area contributed by atoms with E-state index in [4.69, 9.17) is 16.6 Å². The highest BCUT2D eigenvalue weighted by Gasteiger charge is 2.37. The molecule has 0 aromatic heterocycles. The normalized spacial score (nSPS) is 24.2. The molecule has 0 radical (unpaired) electrons. The van der Waals surface area contributed by atoms with Gasteiger partial charge in [-0.05, 0) is 50.9 Å².